The second-order valence-corrected chi connectivity index (χ2v) is 7.09. The monoisotopic (exact) mass is 354 g/mol. The van der Waals surface area contributed by atoms with Crippen LogP contribution in [0.1, 0.15) is 26.7 Å². The second kappa shape index (κ2) is 8.76. The average molecular weight is 355 g/mol. The minimum absolute atomic E-state index is 0.584. The lowest BCUT2D eigenvalue weighted by Crippen LogP contribution is -2.42. The van der Waals surface area contributed by atoms with Crippen LogP contribution in [-0.4, -0.2) is 43.7 Å². The highest BCUT2D eigenvalue weighted by Crippen LogP contribution is 2.17. The Labute approximate surface area is 137 Å². The molecule has 1 heterocycles. The third-order valence-corrected chi connectivity index (χ3v) is 4.44. The predicted molar refractivity (Wildman–Crippen MR) is 91.9 cm³/mol. The topological polar surface area (TPSA) is 24.5 Å². The molecule has 1 saturated heterocycles. The quantitative estimate of drug-likeness (QED) is 0.810. The summed E-state index contributed by atoms with van der Waals surface area (Å²) in [5.41, 5.74) is 0. The van der Waals surface area contributed by atoms with Gasteiger partial charge in [0.05, 0.1) is 0 Å². The number of hydrogen-bond donors (Lipinski definition) is 1. The number of rotatable bonds is 7. The molecule has 0 radical (unpaired) electrons. The summed E-state index contributed by atoms with van der Waals surface area (Å²) in [5.74, 6) is 1.74. The van der Waals surface area contributed by atoms with Gasteiger partial charge in [0.15, 0.2) is 0 Å². The molecule has 1 N–H and O–H groups in total. The fourth-order valence-corrected chi connectivity index (χ4v) is 3.01. The second-order valence-electron chi connectivity index (χ2n) is 6.17. The van der Waals surface area contributed by atoms with Gasteiger partial charge in [0.25, 0.3) is 0 Å². The molecule has 4 heteroatoms. The molecule has 118 valence electrons. The van der Waals surface area contributed by atoms with E-state index in [9.17, 15) is 0 Å². The van der Waals surface area contributed by atoms with E-state index in [-0.39, 0.29) is 0 Å². The van der Waals surface area contributed by atoms with E-state index in [0.29, 0.717) is 6.04 Å². The molecule has 1 atom stereocenters. The van der Waals surface area contributed by atoms with E-state index < -0.39 is 0 Å². The lowest BCUT2D eigenvalue weighted by atomic mass is 9.98. The van der Waals surface area contributed by atoms with Gasteiger partial charge in [0, 0.05) is 23.6 Å². The molecule has 21 heavy (non-hydrogen) atoms. The van der Waals surface area contributed by atoms with Crippen LogP contribution >= 0.6 is 15.9 Å². The van der Waals surface area contributed by atoms with Crippen LogP contribution in [0.5, 0.6) is 5.75 Å². The van der Waals surface area contributed by atoms with E-state index in [1.165, 1.54) is 25.9 Å². The van der Waals surface area contributed by atoms with Crippen molar-refractivity contribution in [2.75, 3.05) is 32.8 Å². The SMILES string of the molecule is CC(C)NCC1CCCN(CCOc2ccc(Br)cc2)C1. The highest BCUT2D eigenvalue weighted by Gasteiger charge is 2.19. The van der Waals surface area contributed by atoms with Crippen molar-refractivity contribution in [1.82, 2.24) is 10.2 Å². The van der Waals surface area contributed by atoms with Crippen molar-refractivity contribution in [3.05, 3.63) is 28.7 Å². The van der Waals surface area contributed by atoms with Gasteiger partial charge in [-0.2, -0.15) is 0 Å². The molecule has 0 spiro atoms. The Hall–Kier alpha value is -0.580. The van der Waals surface area contributed by atoms with Crippen LogP contribution in [-0.2, 0) is 0 Å². The summed E-state index contributed by atoms with van der Waals surface area (Å²) in [4.78, 5) is 2.54. The summed E-state index contributed by atoms with van der Waals surface area (Å²) in [6, 6.07) is 8.64. The van der Waals surface area contributed by atoms with Crippen molar-refractivity contribution in [2.45, 2.75) is 32.7 Å². The minimum atomic E-state index is 0.584. The van der Waals surface area contributed by atoms with E-state index in [0.717, 1.165) is 35.8 Å². The van der Waals surface area contributed by atoms with Crippen molar-refractivity contribution in [3.8, 4) is 5.75 Å². The Morgan fingerprint density at radius 1 is 1.33 bits per heavy atom. The zero-order valence-corrected chi connectivity index (χ0v) is 14.7. The molecule has 1 aliphatic heterocycles. The molecule has 1 fully saturated rings. The molecule has 1 unspecified atom stereocenters. The van der Waals surface area contributed by atoms with E-state index in [1.807, 2.05) is 24.3 Å². The van der Waals surface area contributed by atoms with E-state index >= 15 is 0 Å². The number of piperidine rings is 1. The Balaban J connectivity index is 1.66. The lowest BCUT2D eigenvalue weighted by Gasteiger charge is -2.33. The zero-order valence-electron chi connectivity index (χ0n) is 13.1. The average Bonchev–Trinajstić information content (AvgIpc) is 2.48. The standard InChI is InChI=1S/C17H27BrN2O/c1-14(2)19-12-15-4-3-9-20(13-15)10-11-21-17-7-5-16(18)6-8-17/h5-8,14-15,19H,3-4,9-13H2,1-2H3. The molecule has 0 aromatic heterocycles. The summed E-state index contributed by atoms with van der Waals surface area (Å²) in [5, 5.41) is 3.56. The molecule has 1 aliphatic rings. The van der Waals surface area contributed by atoms with Gasteiger partial charge < -0.3 is 10.1 Å². The predicted octanol–water partition coefficient (Wildman–Crippen LogP) is 3.54. The summed E-state index contributed by atoms with van der Waals surface area (Å²) in [6.45, 7) is 9.77. The van der Waals surface area contributed by atoms with Crippen molar-refractivity contribution < 1.29 is 4.74 Å². The maximum atomic E-state index is 5.82. The number of benzene rings is 1. The van der Waals surface area contributed by atoms with Crippen molar-refractivity contribution in [1.29, 1.82) is 0 Å². The van der Waals surface area contributed by atoms with Gasteiger partial charge in [0.1, 0.15) is 12.4 Å². The maximum Gasteiger partial charge on any atom is 0.119 e. The third-order valence-electron chi connectivity index (χ3n) is 3.91. The maximum absolute atomic E-state index is 5.82. The van der Waals surface area contributed by atoms with Crippen LogP contribution in [0, 0.1) is 5.92 Å². The number of nitrogens with one attached hydrogen (secondary N) is 1. The largest absolute Gasteiger partial charge is 0.492 e. The molecule has 0 bridgehead atoms. The summed E-state index contributed by atoms with van der Waals surface area (Å²) in [6.07, 6.45) is 2.66. The van der Waals surface area contributed by atoms with Gasteiger partial charge in [-0.25, -0.2) is 0 Å². The molecule has 0 aliphatic carbocycles. The zero-order chi connectivity index (χ0) is 15.1. The lowest BCUT2D eigenvalue weighted by molar-refractivity contribution is 0.144. The number of nitrogens with zero attached hydrogens (tertiary/aromatic N) is 1. The minimum Gasteiger partial charge on any atom is -0.492 e. The van der Waals surface area contributed by atoms with Crippen LogP contribution in [0.25, 0.3) is 0 Å². The summed E-state index contributed by atoms with van der Waals surface area (Å²) < 4.78 is 6.91. The van der Waals surface area contributed by atoms with E-state index in [4.69, 9.17) is 4.74 Å². The first-order chi connectivity index (χ1) is 10.1. The van der Waals surface area contributed by atoms with Crippen LogP contribution in [0.15, 0.2) is 28.7 Å². The third kappa shape index (κ3) is 6.37. The number of ether oxygens (including phenoxy) is 1. The Kier molecular flexibility index (Phi) is 7.00. The van der Waals surface area contributed by atoms with Gasteiger partial charge in [0.2, 0.25) is 0 Å². The normalized spacial score (nSPS) is 19.9. The van der Waals surface area contributed by atoms with Crippen LogP contribution in [0.3, 0.4) is 0 Å². The fraction of sp³-hybridized carbons (Fsp3) is 0.647. The van der Waals surface area contributed by atoms with Gasteiger partial charge in [-0.05, 0) is 56.1 Å². The Bertz CT molecular complexity index is 408. The van der Waals surface area contributed by atoms with Crippen LogP contribution < -0.4 is 10.1 Å². The van der Waals surface area contributed by atoms with Crippen molar-refractivity contribution >= 4 is 15.9 Å². The van der Waals surface area contributed by atoms with Gasteiger partial charge in [-0.15, -0.1) is 0 Å². The molecule has 3 nitrogen and oxygen atoms in total. The van der Waals surface area contributed by atoms with E-state index in [2.05, 4.69) is 40.0 Å². The van der Waals surface area contributed by atoms with Crippen LogP contribution in [0.4, 0.5) is 0 Å². The summed E-state index contributed by atoms with van der Waals surface area (Å²) in [7, 11) is 0. The van der Waals surface area contributed by atoms with Crippen molar-refractivity contribution in [3.63, 3.8) is 0 Å². The summed E-state index contributed by atoms with van der Waals surface area (Å²) >= 11 is 3.44. The van der Waals surface area contributed by atoms with Crippen molar-refractivity contribution in [2.24, 2.45) is 5.92 Å². The Morgan fingerprint density at radius 3 is 2.81 bits per heavy atom. The highest BCUT2D eigenvalue weighted by molar-refractivity contribution is 9.10. The first kappa shape index (κ1) is 16.8. The van der Waals surface area contributed by atoms with Crippen LogP contribution in [0.2, 0.25) is 0 Å². The number of halogens is 1. The molecule has 1 aromatic rings. The Morgan fingerprint density at radius 2 is 2.10 bits per heavy atom. The first-order valence-electron chi connectivity index (χ1n) is 7.97. The molecule has 2 rings (SSSR count). The molecular weight excluding hydrogens is 328 g/mol. The molecule has 1 aromatic carbocycles. The number of likely N-dealkylation sites (tertiary alicyclic amines) is 1. The van der Waals surface area contributed by atoms with Gasteiger partial charge in [-0.3, -0.25) is 4.90 Å². The fourth-order valence-electron chi connectivity index (χ4n) is 2.75. The molecular formula is C17H27BrN2O. The highest BCUT2D eigenvalue weighted by atomic mass is 79.9. The first-order valence-corrected chi connectivity index (χ1v) is 8.77. The van der Waals surface area contributed by atoms with Gasteiger partial charge >= 0.3 is 0 Å². The molecule has 0 amide bonds. The smallest absolute Gasteiger partial charge is 0.119 e. The van der Waals surface area contributed by atoms with E-state index in [1.54, 1.807) is 0 Å². The number of hydrogen-bond acceptors (Lipinski definition) is 3. The van der Waals surface area contributed by atoms with Gasteiger partial charge in [-0.1, -0.05) is 29.8 Å². The molecule has 0 saturated carbocycles.